The first-order valence-corrected chi connectivity index (χ1v) is 9.79. The Morgan fingerprint density at radius 3 is 2.59 bits per heavy atom. The van der Waals surface area contributed by atoms with Gasteiger partial charge in [0.15, 0.2) is 5.69 Å². The highest BCUT2D eigenvalue weighted by Gasteiger charge is 2.24. The van der Waals surface area contributed by atoms with E-state index in [1.807, 2.05) is 32.9 Å². The molecule has 0 spiro atoms. The molecule has 3 rings (SSSR count). The summed E-state index contributed by atoms with van der Waals surface area (Å²) in [4.78, 5) is 14.6. The molecule has 0 unspecified atom stereocenters. The van der Waals surface area contributed by atoms with Crippen LogP contribution in [-0.4, -0.2) is 32.8 Å². The fraction of sp³-hybridized carbons (Fsp3) is 0.381. The minimum absolute atomic E-state index is 0.195. The Bertz CT molecular complexity index is 1000. The molecule has 7 nitrogen and oxygen atoms in total. The maximum absolute atomic E-state index is 13.0. The molecule has 1 aromatic carbocycles. The molecular weight excluding hydrogens is 392 g/mol. The standard InChI is InChI=1S/C21H25ClN4O3/c1-6-26-19(18(22)10-23-26)11-25(5)21(27)20-17(15(4)29-24-20)12-28-16-8-13(2)7-14(3)9-16/h7-10H,6,11-12H2,1-5H3. The second-order valence-corrected chi connectivity index (χ2v) is 7.50. The maximum atomic E-state index is 13.0. The number of hydrogen-bond donors (Lipinski definition) is 0. The van der Waals surface area contributed by atoms with Crippen molar-refractivity contribution in [3.8, 4) is 5.75 Å². The van der Waals surface area contributed by atoms with Gasteiger partial charge in [-0.25, -0.2) is 0 Å². The number of carbonyl (C=O) groups is 1. The van der Waals surface area contributed by atoms with E-state index in [-0.39, 0.29) is 18.2 Å². The summed E-state index contributed by atoms with van der Waals surface area (Å²) in [7, 11) is 1.70. The zero-order chi connectivity index (χ0) is 21.1. The molecule has 2 aromatic heterocycles. The van der Waals surface area contributed by atoms with E-state index in [0.29, 0.717) is 29.4 Å². The van der Waals surface area contributed by atoms with Crippen LogP contribution in [0, 0.1) is 20.8 Å². The van der Waals surface area contributed by atoms with Crippen LogP contribution in [0.4, 0.5) is 0 Å². The van der Waals surface area contributed by atoms with Crippen molar-refractivity contribution in [2.24, 2.45) is 0 Å². The van der Waals surface area contributed by atoms with Gasteiger partial charge in [-0.1, -0.05) is 22.8 Å². The smallest absolute Gasteiger partial charge is 0.276 e. The number of carbonyl (C=O) groups excluding carboxylic acids is 1. The first-order chi connectivity index (χ1) is 13.8. The summed E-state index contributed by atoms with van der Waals surface area (Å²) in [6, 6.07) is 5.99. The molecular formula is C21H25ClN4O3. The average molecular weight is 417 g/mol. The third-order valence-corrected chi connectivity index (χ3v) is 5.01. The van der Waals surface area contributed by atoms with Gasteiger partial charge in [-0.05, 0) is 51.0 Å². The van der Waals surface area contributed by atoms with Crippen LogP contribution < -0.4 is 4.74 Å². The molecule has 0 saturated carbocycles. The lowest BCUT2D eigenvalue weighted by Crippen LogP contribution is -2.29. The summed E-state index contributed by atoms with van der Waals surface area (Å²) in [5, 5.41) is 8.72. The molecule has 0 bridgehead atoms. The minimum Gasteiger partial charge on any atom is -0.489 e. The normalized spacial score (nSPS) is 11.0. The molecule has 0 saturated heterocycles. The predicted molar refractivity (Wildman–Crippen MR) is 110 cm³/mol. The highest BCUT2D eigenvalue weighted by molar-refractivity contribution is 6.31. The topological polar surface area (TPSA) is 73.4 Å². The van der Waals surface area contributed by atoms with Crippen LogP contribution in [0.15, 0.2) is 28.9 Å². The summed E-state index contributed by atoms with van der Waals surface area (Å²) in [5.74, 6) is 1.04. The highest BCUT2D eigenvalue weighted by atomic mass is 35.5. The lowest BCUT2D eigenvalue weighted by atomic mass is 10.1. The third kappa shape index (κ3) is 4.62. The molecule has 0 aliphatic rings. The van der Waals surface area contributed by atoms with Crippen molar-refractivity contribution in [3.63, 3.8) is 0 Å². The number of halogens is 1. The first-order valence-electron chi connectivity index (χ1n) is 9.42. The van der Waals surface area contributed by atoms with Gasteiger partial charge >= 0.3 is 0 Å². The van der Waals surface area contributed by atoms with E-state index >= 15 is 0 Å². The van der Waals surface area contributed by atoms with Gasteiger partial charge in [0, 0.05) is 13.6 Å². The first kappa shape index (κ1) is 20.9. The van der Waals surface area contributed by atoms with Crippen LogP contribution in [0.2, 0.25) is 5.02 Å². The van der Waals surface area contributed by atoms with E-state index in [9.17, 15) is 4.79 Å². The minimum atomic E-state index is -0.263. The van der Waals surface area contributed by atoms with Gasteiger partial charge in [0.25, 0.3) is 5.91 Å². The molecule has 0 aliphatic carbocycles. The highest BCUT2D eigenvalue weighted by Crippen LogP contribution is 2.22. The Hall–Kier alpha value is -2.80. The van der Waals surface area contributed by atoms with Crippen LogP contribution in [-0.2, 0) is 19.7 Å². The second-order valence-electron chi connectivity index (χ2n) is 7.09. The zero-order valence-electron chi connectivity index (χ0n) is 17.3. The number of nitrogens with zero attached hydrogens (tertiary/aromatic N) is 4. The van der Waals surface area contributed by atoms with Gasteiger partial charge in [-0.15, -0.1) is 0 Å². The molecule has 2 heterocycles. The lowest BCUT2D eigenvalue weighted by molar-refractivity contribution is 0.0769. The van der Waals surface area contributed by atoms with E-state index in [1.165, 1.54) is 0 Å². The number of ether oxygens (including phenoxy) is 1. The Kier molecular flexibility index (Phi) is 6.27. The van der Waals surface area contributed by atoms with Crippen molar-refractivity contribution >= 4 is 17.5 Å². The monoisotopic (exact) mass is 416 g/mol. The van der Waals surface area contributed by atoms with Crippen LogP contribution in [0.25, 0.3) is 0 Å². The van der Waals surface area contributed by atoms with E-state index in [1.54, 1.807) is 29.7 Å². The molecule has 0 N–H and O–H groups in total. The van der Waals surface area contributed by atoms with Crippen LogP contribution in [0.5, 0.6) is 5.75 Å². The van der Waals surface area contributed by atoms with Crippen LogP contribution >= 0.6 is 11.6 Å². The number of amides is 1. The molecule has 154 valence electrons. The molecule has 0 fully saturated rings. The molecule has 3 aromatic rings. The number of aryl methyl sites for hydroxylation is 4. The predicted octanol–water partition coefficient (Wildman–Crippen LogP) is 4.32. The van der Waals surface area contributed by atoms with Crippen molar-refractivity contribution in [2.75, 3.05) is 7.05 Å². The van der Waals surface area contributed by atoms with Gasteiger partial charge in [-0.2, -0.15) is 5.10 Å². The Morgan fingerprint density at radius 2 is 1.93 bits per heavy atom. The number of hydrogen-bond acceptors (Lipinski definition) is 5. The van der Waals surface area contributed by atoms with Gasteiger partial charge in [-0.3, -0.25) is 9.48 Å². The molecule has 0 aliphatic heterocycles. The molecule has 1 amide bonds. The summed E-state index contributed by atoms with van der Waals surface area (Å²) < 4.78 is 13.0. The van der Waals surface area contributed by atoms with Gasteiger partial charge in [0.2, 0.25) is 0 Å². The number of aromatic nitrogens is 3. The maximum Gasteiger partial charge on any atom is 0.276 e. The second kappa shape index (κ2) is 8.69. The van der Waals surface area contributed by atoms with Crippen LogP contribution in [0.1, 0.15) is 45.6 Å². The van der Waals surface area contributed by atoms with Crippen molar-refractivity contribution < 1.29 is 14.1 Å². The largest absolute Gasteiger partial charge is 0.489 e. The fourth-order valence-electron chi connectivity index (χ4n) is 3.20. The van der Waals surface area contributed by atoms with Gasteiger partial charge in [0.1, 0.15) is 18.1 Å². The van der Waals surface area contributed by atoms with Crippen LogP contribution in [0.3, 0.4) is 0 Å². The number of benzene rings is 1. The molecule has 29 heavy (non-hydrogen) atoms. The van der Waals surface area contributed by atoms with E-state index in [2.05, 4.69) is 16.3 Å². The molecule has 0 atom stereocenters. The summed E-state index contributed by atoms with van der Waals surface area (Å²) in [5.41, 5.74) is 3.88. The lowest BCUT2D eigenvalue weighted by Gasteiger charge is -2.17. The van der Waals surface area contributed by atoms with E-state index in [4.69, 9.17) is 20.9 Å². The summed E-state index contributed by atoms with van der Waals surface area (Å²) in [6.07, 6.45) is 1.59. The van der Waals surface area contributed by atoms with E-state index < -0.39 is 0 Å². The van der Waals surface area contributed by atoms with Gasteiger partial charge < -0.3 is 14.2 Å². The molecule has 8 heteroatoms. The van der Waals surface area contributed by atoms with Crippen molar-refractivity contribution in [2.45, 2.75) is 47.4 Å². The van der Waals surface area contributed by atoms with Crippen molar-refractivity contribution in [3.05, 3.63) is 63.3 Å². The third-order valence-electron chi connectivity index (χ3n) is 4.70. The average Bonchev–Trinajstić information content (AvgIpc) is 3.21. The quantitative estimate of drug-likeness (QED) is 0.573. The van der Waals surface area contributed by atoms with Crippen molar-refractivity contribution in [1.29, 1.82) is 0 Å². The van der Waals surface area contributed by atoms with Gasteiger partial charge in [0.05, 0.1) is 29.0 Å². The Labute approximate surface area is 175 Å². The fourth-order valence-corrected chi connectivity index (χ4v) is 3.40. The van der Waals surface area contributed by atoms with E-state index in [0.717, 1.165) is 22.6 Å². The summed E-state index contributed by atoms with van der Waals surface area (Å²) >= 11 is 6.22. The Balaban J connectivity index is 1.77. The molecule has 0 radical (unpaired) electrons. The zero-order valence-corrected chi connectivity index (χ0v) is 18.1. The SMILES string of the molecule is CCn1ncc(Cl)c1CN(C)C(=O)c1noc(C)c1COc1cc(C)cc(C)c1. The van der Waals surface area contributed by atoms with Crippen molar-refractivity contribution in [1.82, 2.24) is 19.8 Å². The summed E-state index contributed by atoms with van der Waals surface area (Å²) in [6.45, 7) is 8.95. The Morgan fingerprint density at radius 1 is 1.24 bits per heavy atom. The number of rotatable bonds is 7.